The van der Waals surface area contributed by atoms with Crippen molar-refractivity contribution in [2.45, 2.75) is 18.4 Å². The molecule has 3 aromatic rings. The minimum Gasteiger partial charge on any atom is -0.337 e. The Balaban J connectivity index is 1.47. The van der Waals surface area contributed by atoms with Crippen LogP contribution in [0.2, 0.25) is 0 Å². The van der Waals surface area contributed by atoms with Gasteiger partial charge in [0.25, 0.3) is 15.9 Å². The van der Waals surface area contributed by atoms with Gasteiger partial charge >= 0.3 is 0 Å². The van der Waals surface area contributed by atoms with Crippen LogP contribution in [0.4, 0.5) is 0 Å². The molecule has 154 valence electrons. The molecule has 0 bridgehead atoms. The van der Waals surface area contributed by atoms with Crippen molar-refractivity contribution in [3.05, 3.63) is 41.3 Å². The predicted octanol–water partition coefficient (Wildman–Crippen LogP) is 1.72. The Morgan fingerprint density at radius 1 is 1.24 bits per heavy atom. The van der Waals surface area contributed by atoms with E-state index in [0.717, 1.165) is 10.6 Å². The number of amides is 1. The number of nitrogens with one attached hydrogen (secondary N) is 1. The number of H-pyrrole nitrogens is 1. The molecule has 0 atom stereocenters. The van der Waals surface area contributed by atoms with E-state index in [4.69, 9.17) is 0 Å². The fourth-order valence-electron chi connectivity index (χ4n) is 3.27. The predicted molar refractivity (Wildman–Crippen MR) is 109 cm³/mol. The van der Waals surface area contributed by atoms with Crippen LogP contribution in [0.1, 0.15) is 22.7 Å². The van der Waals surface area contributed by atoms with E-state index in [9.17, 15) is 13.2 Å². The van der Waals surface area contributed by atoms with Gasteiger partial charge in [-0.2, -0.15) is 9.40 Å². The smallest absolute Gasteiger partial charge is 0.274 e. The van der Waals surface area contributed by atoms with E-state index in [0.29, 0.717) is 37.6 Å². The Bertz CT molecular complexity index is 1100. The average molecular weight is 435 g/mol. The first-order valence-corrected chi connectivity index (χ1v) is 11.6. The number of carbonyl (C=O) groups is 1. The SMILES string of the molecule is Cc1nc(S(=O)(=O)N2CCCN(C(=O)c3cc(-c4cccs4)[nH]n3)CC2)cn1C. The summed E-state index contributed by atoms with van der Waals surface area (Å²) in [7, 11) is -1.92. The van der Waals surface area contributed by atoms with Crippen LogP contribution in [0.25, 0.3) is 10.6 Å². The van der Waals surface area contributed by atoms with Gasteiger partial charge in [-0.1, -0.05) is 6.07 Å². The minimum absolute atomic E-state index is 0.0465. The Morgan fingerprint density at radius 3 is 2.76 bits per heavy atom. The fourth-order valence-corrected chi connectivity index (χ4v) is 5.46. The number of imidazole rings is 1. The van der Waals surface area contributed by atoms with Gasteiger partial charge in [0.2, 0.25) is 0 Å². The summed E-state index contributed by atoms with van der Waals surface area (Å²) >= 11 is 1.57. The second-order valence-electron chi connectivity index (χ2n) is 6.93. The quantitative estimate of drug-likeness (QED) is 0.673. The number of rotatable bonds is 4. The number of sulfonamides is 1. The van der Waals surface area contributed by atoms with Crippen LogP contribution in [0, 0.1) is 6.92 Å². The molecule has 1 amide bonds. The third-order valence-corrected chi connectivity index (χ3v) is 7.69. The Labute approximate surface area is 173 Å². The lowest BCUT2D eigenvalue weighted by Gasteiger charge is -2.20. The largest absolute Gasteiger partial charge is 0.337 e. The monoisotopic (exact) mass is 434 g/mol. The van der Waals surface area contributed by atoms with Crippen molar-refractivity contribution in [2.75, 3.05) is 26.2 Å². The van der Waals surface area contributed by atoms with Crippen molar-refractivity contribution in [2.24, 2.45) is 7.05 Å². The topological polar surface area (TPSA) is 104 Å². The molecule has 1 N–H and O–H groups in total. The number of hydrogen-bond donors (Lipinski definition) is 1. The molecular formula is C18H22N6O3S2. The molecule has 4 heterocycles. The molecule has 0 saturated carbocycles. The van der Waals surface area contributed by atoms with E-state index < -0.39 is 10.0 Å². The summed E-state index contributed by atoms with van der Waals surface area (Å²) in [6.45, 7) is 3.13. The van der Waals surface area contributed by atoms with Crippen LogP contribution in [0.5, 0.6) is 0 Å². The third kappa shape index (κ3) is 3.85. The highest BCUT2D eigenvalue weighted by molar-refractivity contribution is 7.89. The van der Waals surface area contributed by atoms with Gasteiger partial charge in [0.15, 0.2) is 10.7 Å². The van der Waals surface area contributed by atoms with Crippen molar-refractivity contribution in [3.8, 4) is 10.6 Å². The van der Waals surface area contributed by atoms with Crippen molar-refractivity contribution < 1.29 is 13.2 Å². The third-order valence-electron chi connectivity index (χ3n) is 5.02. The van der Waals surface area contributed by atoms with Crippen LogP contribution in [-0.2, 0) is 17.1 Å². The number of hydrogen-bond acceptors (Lipinski definition) is 6. The highest BCUT2D eigenvalue weighted by atomic mass is 32.2. The van der Waals surface area contributed by atoms with Crippen molar-refractivity contribution >= 4 is 27.3 Å². The lowest BCUT2D eigenvalue weighted by molar-refractivity contribution is 0.0758. The molecule has 11 heteroatoms. The first-order chi connectivity index (χ1) is 13.9. The highest BCUT2D eigenvalue weighted by Gasteiger charge is 2.31. The van der Waals surface area contributed by atoms with Crippen LogP contribution in [-0.4, -0.2) is 69.5 Å². The lowest BCUT2D eigenvalue weighted by atomic mass is 10.3. The number of nitrogens with zero attached hydrogens (tertiary/aromatic N) is 5. The average Bonchev–Trinajstić information content (AvgIpc) is 3.40. The summed E-state index contributed by atoms with van der Waals surface area (Å²) in [5.41, 5.74) is 1.14. The van der Waals surface area contributed by atoms with Gasteiger partial charge in [0.05, 0.1) is 10.6 Å². The normalized spacial score (nSPS) is 16.1. The van der Waals surface area contributed by atoms with E-state index in [-0.39, 0.29) is 17.5 Å². The molecular weight excluding hydrogens is 412 g/mol. The van der Waals surface area contributed by atoms with Crippen molar-refractivity contribution in [1.29, 1.82) is 0 Å². The maximum Gasteiger partial charge on any atom is 0.274 e. The first-order valence-electron chi connectivity index (χ1n) is 9.25. The van der Waals surface area contributed by atoms with Crippen LogP contribution >= 0.6 is 11.3 Å². The Hall–Kier alpha value is -2.50. The van der Waals surface area contributed by atoms with E-state index in [1.165, 1.54) is 10.5 Å². The van der Waals surface area contributed by atoms with E-state index in [2.05, 4.69) is 15.2 Å². The van der Waals surface area contributed by atoms with Gasteiger partial charge in [0, 0.05) is 39.4 Å². The molecule has 3 aromatic heterocycles. The summed E-state index contributed by atoms with van der Waals surface area (Å²) in [4.78, 5) is 19.7. The zero-order valence-electron chi connectivity index (χ0n) is 16.2. The highest BCUT2D eigenvalue weighted by Crippen LogP contribution is 2.24. The summed E-state index contributed by atoms with van der Waals surface area (Å²) in [6, 6.07) is 5.64. The molecule has 0 unspecified atom stereocenters. The summed E-state index contributed by atoms with van der Waals surface area (Å²) < 4.78 is 28.9. The lowest BCUT2D eigenvalue weighted by Crippen LogP contribution is -2.37. The van der Waals surface area contributed by atoms with Gasteiger partial charge in [-0.25, -0.2) is 13.4 Å². The van der Waals surface area contributed by atoms with Gasteiger partial charge < -0.3 is 9.47 Å². The maximum atomic E-state index is 12.9. The van der Waals surface area contributed by atoms with Gasteiger partial charge in [-0.05, 0) is 30.9 Å². The zero-order chi connectivity index (χ0) is 20.6. The van der Waals surface area contributed by atoms with Crippen molar-refractivity contribution in [1.82, 2.24) is 29.0 Å². The molecule has 1 saturated heterocycles. The van der Waals surface area contributed by atoms with E-state index >= 15 is 0 Å². The zero-order valence-corrected chi connectivity index (χ0v) is 17.8. The second-order valence-corrected chi connectivity index (χ2v) is 9.76. The van der Waals surface area contributed by atoms with Crippen molar-refractivity contribution in [3.63, 3.8) is 0 Å². The van der Waals surface area contributed by atoms with Crippen LogP contribution < -0.4 is 0 Å². The Kier molecular flexibility index (Phi) is 5.28. The number of aromatic amines is 1. The first kappa shape index (κ1) is 19.8. The van der Waals surface area contributed by atoms with Gasteiger partial charge in [0.1, 0.15) is 5.82 Å². The maximum absolute atomic E-state index is 12.9. The molecule has 4 rings (SSSR count). The number of thiophene rings is 1. The molecule has 9 nitrogen and oxygen atoms in total. The standard InChI is InChI=1S/C18H22N6O3S2/c1-13-19-17(12-22(13)2)29(26,27)24-7-4-6-23(8-9-24)18(25)15-11-14(20-21-15)16-5-3-10-28-16/h3,5,10-12H,4,6-9H2,1-2H3,(H,20,21). The van der Waals surface area contributed by atoms with Crippen LogP contribution in [0.15, 0.2) is 34.8 Å². The number of aryl methyl sites for hydroxylation is 2. The molecule has 1 aliphatic rings. The fraction of sp³-hybridized carbons (Fsp3) is 0.389. The Morgan fingerprint density at radius 2 is 2.07 bits per heavy atom. The molecule has 0 aliphatic carbocycles. The molecule has 1 aliphatic heterocycles. The van der Waals surface area contributed by atoms with Crippen LogP contribution in [0.3, 0.4) is 0 Å². The molecule has 29 heavy (non-hydrogen) atoms. The minimum atomic E-state index is -3.68. The summed E-state index contributed by atoms with van der Waals surface area (Å²) in [6.07, 6.45) is 2.08. The van der Waals surface area contributed by atoms with E-state index in [1.54, 1.807) is 40.8 Å². The number of carbonyl (C=O) groups excluding carboxylic acids is 1. The van der Waals surface area contributed by atoms with E-state index in [1.807, 2.05) is 17.5 Å². The molecule has 0 aromatic carbocycles. The summed E-state index contributed by atoms with van der Waals surface area (Å²) in [5, 5.41) is 9.06. The molecule has 1 fully saturated rings. The molecule has 0 spiro atoms. The second kappa shape index (κ2) is 7.73. The van der Waals surface area contributed by atoms with Gasteiger partial charge in [-0.15, -0.1) is 11.3 Å². The summed E-state index contributed by atoms with van der Waals surface area (Å²) in [5.74, 6) is 0.437. The number of aromatic nitrogens is 4. The van der Waals surface area contributed by atoms with Gasteiger partial charge in [-0.3, -0.25) is 9.89 Å². The molecule has 0 radical (unpaired) electrons.